The molecule has 0 aliphatic carbocycles. The Morgan fingerprint density at radius 3 is 2.87 bits per heavy atom. The Kier molecular flexibility index (Phi) is 3.84. The monoisotopic (exact) mass is 211 g/mol. The number of hydrogen-bond acceptors (Lipinski definition) is 4. The largest absolute Gasteiger partial charge is 0.465 e. The van der Waals surface area contributed by atoms with Gasteiger partial charge in [-0.05, 0) is 6.92 Å². The maximum atomic E-state index is 11.6. The molecule has 0 bridgehead atoms. The number of carbonyl (C=O) groups excluding carboxylic acids is 2. The molecule has 0 aliphatic heterocycles. The third kappa shape index (κ3) is 3.08. The van der Waals surface area contributed by atoms with Crippen molar-refractivity contribution >= 4 is 11.9 Å². The molecule has 0 saturated carbocycles. The van der Waals surface area contributed by atoms with Crippen molar-refractivity contribution in [3.8, 4) is 0 Å². The van der Waals surface area contributed by atoms with Crippen LogP contribution in [0.2, 0.25) is 0 Å². The van der Waals surface area contributed by atoms with E-state index in [-0.39, 0.29) is 12.5 Å². The van der Waals surface area contributed by atoms with Crippen LogP contribution >= 0.6 is 0 Å². The van der Waals surface area contributed by atoms with Crippen LogP contribution in [-0.4, -0.2) is 46.9 Å². The highest BCUT2D eigenvalue weighted by Gasteiger charge is 2.16. The molecule has 1 N–H and O–H groups in total. The van der Waals surface area contributed by atoms with Gasteiger partial charge < -0.3 is 14.6 Å². The van der Waals surface area contributed by atoms with E-state index in [1.807, 2.05) is 0 Å². The van der Waals surface area contributed by atoms with Crippen LogP contribution in [0, 0.1) is 0 Å². The summed E-state index contributed by atoms with van der Waals surface area (Å²) in [5.41, 5.74) is 0.349. The third-order valence-corrected chi connectivity index (χ3v) is 1.75. The van der Waals surface area contributed by atoms with E-state index in [1.165, 1.54) is 24.5 Å². The molecule has 1 heterocycles. The van der Waals surface area contributed by atoms with Crippen molar-refractivity contribution in [1.82, 2.24) is 14.9 Å². The second kappa shape index (κ2) is 5.14. The highest BCUT2D eigenvalue weighted by molar-refractivity contribution is 5.93. The minimum Gasteiger partial charge on any atom is -0.465 e. The average molecular weight is 211 g/mol. The zero-order valence-electron chi connectivity index (χ0n) is 8.69. The molecule has 0 radical (unpaired) electrons. The highest BCUT2D eigenvalue weighted by atomic mass is 16.5. The van der Waals surface area contributed by atoms with Gasteiger partial charge in [0.1, 0.15) is 12.2 Å². The number of imidazole rings is 1. The van der Waals surface area contributed by atoms with Gasteiger partial charge in [-0.3, -0.25) is 9.59 Å². The molecule has 0 saturated heterocycles. The number of amides is 1. The van der Waals surface area contributed by atoms with E-state index in [9.17, 15) is 9.59 Å². The van der Waals surface area contributed by atoms with Crippen molar-refractivity contribution in [2.75, 3.05) is 20.2 Å². The Hall–Kier alpha value is -1.85. The normalized spacial score (nSPS) is 9.73. The number of aromatic nitrogens is 2. The SMILES string of the molecule is CCOC(=O)CN(C)C(=O)c1cnc[nH]1. The lowest BCUT2D eigenvalue weighted by Crippen LogP contribution is -2.33. The second-order valence-electron chi connectivity index (χ2n) is 2.93. The summed E-state index contributed by atoms with van der Waals surface area (Å²) in [5, 5.41) is 0. The fraction of sp³-hybridized carbons (Fsp3) is 0.444. The predicted octanol–water partition coefficient (Wildman–Crippen LogP) is 0.0448. The second-order valence-corrected chi connectivity index (χ2v) is 2.93. The summed E-state index contributed by atoms with van der Waals surface area (Å²) in [4.78, 5) is 30.3. The fourth-order valence-electron chi connectivity index (χ4n) is 1.05. The van der Waals surface area contributed by atoms with Crippen LogP contribution < -0.4 is 0 Å². The van der Waals surface area contributed by atoms with Gasteiger partial charge in [-0.1, -0.05) is 0 Å². The zero-order chi connectivity index (χ0) is 11.3. The molecule has 0 fully saturated rings. The van der Waals surface area contributed by atoms with Gasteiger partial charge in [-0.2, -0.15) is 0 Å². The summed E-state index contributed by atoms with van der Waals surface area (Å²) in [7, 11) is 1.53. The van der Waals surface area contributed by atoms with Gasteiger partial charge in [0.2, 0.25) is 0 Å². The minimum atomic E-state index is -0.423. The van der Waals surface area contributed by atoms with Crippen LogP contribution in [0.3, 0.4) is 0 Å². The maximum Gasteiger partial charge on any atom is 0.325 e. The van der Waals surface area contributed by atoms with Crippen molar-refractivity contribution in [2.45, 2.75) is 6.92 Å². The number of H-pyrrole nitrogens is 1. The Morgan fingerprint density at radius 1 is 1.60 bits per heavy atom. The van der Waals surface area contributed by atoms with Crippen molar-refractivity contribution in [3.05, 3.63) is 18.2 Å². The number of esters is 1. The van der Waals surface area contributed by atoms with Crippen LogP contribution in [0.25, 0.3) is 0 Å². The third-order valence-electron chi connectivity index (χ3n) is 1.75. The number of rotatable bonds is 4. The fourth-order valence-corrected chi connectivity index (χ4v) is 1.05. The molecule has 1 aromatic rings. The molecule has 0 atom stereocenters. The quantitative estimate of drug-likeness (QED) is 0.714. The summed E-state index contributed by atoms with van der Waals surface area (Å²) >= 11 is 0. The Bertz CT molecular complexity index is 334. The standard InChI is InChI=1S/C9H13N3O3/c1-3-15-8(13)5-12(2)9(14)7-4-10-6-11-7/h4,6H,3,5H2,1-2H3,(H,10,11). The van der Waals surface area contributed by atoms with E-state index in [2.05, 4.69) is 9.97 Å². The molecule has 15 heavy (non-hydrogen) atoms. The van der Waals surface area contributed by atoms with Crippen molar-refractivity contribution < 1.29 is 14.3 Å². The number of likely N-dealkylation sites (N-methyl/N-ethyl adjacent to an activating group) is 1. The summed E-state index contributed by atoms with van der Waals surface area (Å²) in [6.45, 7) is 1.96. The summed E-state index contributed by atoms with van der Waals surface area (Å²) in [6, 6.07) is 0. The number of ether oxygens (including phenoxy) is 1. The van der Waals surface area contributed by atoms with E-state index in [1.54, 1.807) is 6.92 Å². The molecule has 6 nitrogen and oxygen atoms in total. The number of aromatic amines is 1. The lowest BCUT2D eigenvalue weighted by molar-refractivity contribution is -0.143. The van der Waals surface area contributed by atoms with E-state index < -0.39 is 5.97 Å². The van der Waals surface area contributed by atoms with Crippen LogP contribution in [0.15, 0.2) is 12.5 Å². The first-order chi connectivity index (χ1) is 7.15. The van der Waals surface area contributed by atoms with Crippen molar-refractivity contribution in [3.63, 3.8) is 0 Å². The molecule has 82 valence electrons. The summed E-state index contributed by atoms with van der Waals surface area (Å²) in [6.07, 6.45) is 2.81. The maximum absolute atomic E-state index is 11.6. The zero-order valence-corrected chi connectivity index (χ0v) is 8.69. The molecule has 1 rings (SSSR count). The number of hydrogen-bond donors (Lipinski definition) is 1. The molecule has 0 aromatic carbocycles. The van der Waals surface area contributed by atoms with Crippen LogP contribution in [0.1, 0.15) is 17.4 Å². The lowest BCUT2D eigenvalue weighted by atomic mass is 10.4. The predicted molar refractivity (Wildman–Crippen MR) is 52.2 cm³/mol. The van der Waals surface area contributed by atoms with Crippen LogP contribution in [0.4, 0.5) is 0 Å². The molecular weight excluding hydrogens is 198 g/mol. The smallest absolute Gasteiger partial charge is 0.325 e. The molecule has 0 aliphatic rings. The summed E-state index contributed by atoms with van der Waals surface area (Å²) < 4.78 is 4.72. The van der Waals surface area contributed by atoms with Crippen LogP contribution in [0.5, 0.6) is 0 Å². The topological polar surface area (TPSA) is 75.3 Å². The van der Waals surface area contributed by atoms with E-state index in [0.717, 1.165) is 0 Å². The van der Waals surface area contributed by atoms with Gasteiger partial charge in [0, 0.05) is 7.05 Å². The summed E-state index contributed by atoms with van der Waals surface area (Å²) in [5.74, 6) is -0.714. The van der Waals surface area contributed by atoms with E-state index in [4.69, 9.17) is 4.74 Å². The van der Waals surface area contributed by atoms with E-state index in [0.29, 0.717) is 12.3 Å². The molecule has 0 spiro atoms. The Morgan fingerprint density at radius 2 is 2.33 bits per heavy atom. The van der Waals surface area contributed by atoms with Gasteiger partial charge in [0.25, 0.3) is 5.91 Å². The van der Waals surface area contributed by atoms with Gasteiger partial charge in [-0.25, -0.2) is 4.98 Å². The molecule has 1 aromatic heterocycles. The molecule has 0 unspecified atom stereocenters. The molecule has 6 heteroatoms. The lowest BCUT2D eigenvalue weighted by Gasteiger charge is -2.14. The molecular formula is C9H13N3O3. The number of carbonyl (C=O) groups is 2. The van der Waals surface area contributed by atoms with Crippen molar-refractivity contribution in [1.29, 1.82) is 0 Å². The molecule has 1 amide bonds. The highest BCUT2D eigenvalue weighted by Crippen LogP contribution is 1.98. The number of nitrogens with zero attached hydrogens (tertiary/aromatic N) is 2. The first kappa shape index (κ1) is 11.2. The van der Waals surface area contributed by atoms with Crippen LogP contribution in [-0.2, 0) is 9.53 Å². The van der Waals surface area contributed by atoms with Crippen molar-refractivity contribution in [2.24, 2.45) is 0 Å². The van der Waals surface area contributed by atoms with Gasteiger partial charge >= 0.3 is 5.97 Å². The Labute approximate surface area is 87.2 Å². The first-order valence-corrected chi connectivity index (χ1v) is 4.54. The first-order valence-electron chi connectivity index (χ1n) is 4.54. The van der Waals surface area contributed by atoms with Gasteiger partial charge in [0.05, 0.1) is 19.1 Å². The van der Waals surface area contributed by atoms with Gasteiger partial charge in [0.15, 0.2) is 0 Å². The minimum absolute atomic E-state index is 0.0638. The number of nitrogens with one attached hydrogen (secondary N) is 1. The Balaban J connectivity index is 2.51. The average Bonchev–Trinajstić information content (AvgIpc) is 2.69. The van der Waals surface area contributed by atoms with Gasteiger partial charge in [-0.15, -0.1) is 0 Å². The van der Waals surface area contributed by atoms with E-state index >= 15 is 0 Å².